The Balaban J connectivity index is 0.00000529. The van der Waals surface area contributed by atoms with Gasteiger partial charge in [0.1, 0.15) is 5.75 Å². The molecule has 1 aromatic carbocycles. The van der Waals surface area contributed by atoms with Crippen LogP contribution < -0.4 is 21.1 Å². The van der Waals surface area contributed by atoms with E-state index in [2.05, 4.69) is 15.6 Å². The number of aliphatic imine (C=N–C) groups is 1. The van der Waals surface area contributed by atoms with Gasteiger partial charge in [-0.15, -0.1) is 24.0 Å². The fourth-order valence-corrected chi connectivity index (χ4v) is 1.79. The maximum atomic E-state index is 10.7. The van der Waals surface area contributed by atoms with Gasteiger partial charge in [-0.25, -0.2) is 4.99 Å². The summed E-state index contributed by atoms with van der Waals surface area (Å²) in [5, 5.41) is 6.38. The quantitative estimate of drug-likeness (QED) is 0.216. The molecule has 0 fully saturated rings. The number of nitrogens with two attached hydrogens (primary N) is 1. The lowest BCUT2D eigenvalue weighted by Gasteiger charge is -2.11. The predicted octanol–water partition coefficient (Wildman–Crippen LogP) is 1.26. The summed E-state index contributed by atoms with van der Waals surface area (Å²) < 4.78 is 10.6. The van der Waals surface area contributed by atoms with E-state index in [4.69, 9.17) is 15.2 Å². The lowest BCUT2D eigenvalue weighted by Crippen LogP contribution is -2.39. The maximum Gasteiger partial charge on any atom is 0.255 e. The number of hydrogen-bond acceptors (Lipinski definition) is 4. The molecule has 0 saturated carbocycles. The van der Waals surface area contributed by atoms with E-state index in [0.29, 0.717) is 32.1 Å². The number of guanidine groups is 1. The van der Waals surface area contributed by atoms with Crippen LogP contribution in [0.5, 0.6) is 5.75 Å². The number of ether oxygens (including phenoxy) is 2. The predicted molar refractivity (Wildman–Crippen MR) is 106 cm³/mol. The average molecular weight is 450 g/mol. The number of rotatable bonds is 10. The highest BCUT2D eigenvalue weighted by Gasteiger charge is 2.01. The third kappa shape index (κ3) is 10.3. The average Bonchev–Trinajstić information content (AvgIpc) is 2.55. The zero-order valence-electron chi connectivity index (χ0n) is 14.2. The van der Waals surface area contributed by atoms with Crippen LogP contribution in [-0.4, -0.2) is 44.8 Å². The van der Waals surface area contributed by atoms with Gasteiger partial charge in [0.2, 0.25) is 0 Å². The van der Waals surface area contributed by atoms with Crippen LogP contribution in [-0.2, 0) is 16.1 Å². The normalized spacial score (nSPS) is 10.7. The Hall–Kier alpha value is -1.55. The summed E-state index contributed by atoms with van der Waals surface area (Å²) in [6.07, 6.45) is 0. The molecule has 0 bridgehead atoms. The Morgan fingerprint density at radius 3 is 2.75 bits per heavy atom. The summed E-state index contributed by atoms with van der Waals surface area (Å²) in [7, 11) is 0. The second-order valence-electron chi connectivity index (χ2n) is 4.72. The zero-order chi connectivity index (χ0) is 16.9. The molecule has 8 heteroatoms. The molecule has 0 spiro atoms. The lowest BCUT2D eigenvalue weighted by atomic mass is 10.2. The highest BCUT2D eigenvalue weighted by Crippen LogP contribution is 2.13. The number of hydrogen-bond donors (Lipinski definition) is 3. The number of nitrogens with one attached hydrogen (secondary N) is 2. The Labute approximate surface area is 160 Å². The number of carbonyl (C=O) groups is 1. The van der Waals surface area contributed by atoms with Gasteiger partial charge in [0, 0.05) is 19.7 Å². The van der Waals surface area contributed by atoms with Gasteiger partial charge in [-0.05, 0) is 31.5 Å². The lowest BCUT2D eigenvalue weighted by molar-refractivity contribution is -0.119. The van der Waals surface area contributed by atoms with Crippen molar-refractivity contribution >= 4 is 35.8 Å². The van der Waals surface area contributed by atoms with E-state index in [0.717, 1.165) is 18.1 Å². The summed E-state index contributed by atoms with van der Waals surface area (Å²) >= 11 is 0. The molecule has 0 aliphatic rings. The van der Waals surface area contributed by atoms with E-state index >= 15 is 0 Å². The standard InChI is InChI=1S/C16H26N4O3.HI/c1-3-18-16(19-8-9-22-4-2)20-11-13-6-5-7-14(10-13)23-12-15(17)21;/h5-7,10H,3-4,8-9,11-12H2,1-2H3,(H2,17,21)(H2,18,19,20);1H. The number of primary amides is 1. The topological polar surface area (TPSA) is 98.0 Å². The minimum absolute atomic E-state index is 0. The number of benzene rings is 1. The van der Waals surface area contributed by atoms with E-state index in [1.54, 1.807) is 6.07 Å². The summed E-state index contributed by atoms with van der Waals surface area (Å²) in [6.45, 7) is 7.16. The second-order valence-corrected chi connectivity index (χ2v) is 4.72. The van der Waals surface area contributed by atoms with Crippen molar-refractivity contribution in [3.8, 4) is 5.75 Å². The number of amides is 1. The SMILES string of the molecule is CCNC(=NCc1cccc(OCC(N)=O)c1)NCCOCC.I. The Bertz CT molecular complexity index is 512. The van der Waals surface area contributed by atoms with Crippen molar-refractivity contribution in [3.05, 3.63) is 29.8 Å². The Kier molecular flexibility index (Phi) is 13.0. The summed E-state index contributed by atoms with van der Waals surface area (Å²) in [6, 6.07) is 7.43. The van der Waals surface area contributed by atoms with Gasteiger partial charge in [0.05, 0.1) is 13.2 Å². The van der Waals surface area contributed by atoms with E-state index in [-0.39, 0.29) is 30.6 Å². The molecule has 4 N–H and O–H groups in total. The summed E-state index contributed by atoms with van der Waals surface area (Å²) in [5.41, 5.74) is 6.05. The van der Waals surface area contributed by atoms with Gasteiger partial charge >= 0.3 is 0 Å². The smallest absolute Gasteiger partial charge is 0.255 e. The van der Waals surface area contributed by atoms with Gasteiger partial charge in [-0.1, -0.05) is 12.1 Å². The monoisotopic (exact) mass is 450 g/mol. The molecule has 0 heterocycles. The molecule has 1 amide bonds. The first kappa shape index (κ1) is 22.4. The van der Waals surface area contributed by atoms with E-state index in [1.165, 1.54) is 0 Å². The van der Waals surface area contributed by atoms with Crippen molar-refractivity contribution in [2.75, 3.05) is 32.9 Å². The highest BCUT2D eigenvalue weighted by molar-refractivity contribution is 14.0. The molecule has 24 heavy (non-hydrogen) atoms. The number of carbonyl (C=O) groups excluding carboxylic acids is 1. The third-order valence-corrected chi connectivity index (χ3v) is 2.79. The van der Waals surface area contributed by atoms with Gasteiger partial charge in [-0.3, -0.25) is 4.79 Å². The van der Waals surface area contributed by atoms with Crippen LogP contribution in [0.15, 0.2) is 29.3 Å². The molecule has 1 rings (SSSR count). The summed E-state index contributed by atoms with van der Waals surface area (Å²) in [5.74, 6) is 0.836. The molecule has 136 valence electrons. The van der Waals surface area contributed by atoms with Gasteiger partial charge in [-0.2, -0.15) is 0 Å². The van der Waals surface area contributed by atoms with Crippen LogP contribution in [0.1, 0.15) is 19.4 Å². The van der Waals surface area contributed by atoms with Crippen LogP contribution in [0.3, 0.4) is 0 Å². The first-order chi connectivity index (χ1) is 11.2. The molecule has 0 aliphatic carbocycles. The van der Waals surface area contributed by atoms with Crippen LogP contribution in [0.4, 0.5) is 0 Å². The Morgan fingerprint density at radius 2 is 2.08 bits per heavy atom. The van der Waals surface area contributed by atoms with Gasteiger partial charge in [0.15, 0.2) is 12.6 Å². The van der Waals surface area contributed by atoms with Gasteiger partial charge < -0.3 is 25.8 Å². The van der Waals surface area contributed by atoms with Crippen molar-refractivity contribution in [2.24, 2.45) is 10.7 Å². The molecular formula is C16H27IN4O3. The number of halogens is 1. The second kappa shape index (κ2) is 13.8. The van der Waals surface area contributed by atoms with Crippen molar-refractivity contribution in [2.45, 2.75) is 20.4 Å². The minimum Gasteiger partial charge on any atom is -0.484 e. The largest absolute Gasteiger partial charge is 0.484 e. The molecule has 0 aromatic heterocycles. The van der Waals surface area contributed by atoms with Gasteiger partial charge in [0.25, 0.3) is 5.91 Å². The van der Waals surface area contributed by atoms with Crippen molar-refractivity contribution in [3.63, 3.8) is 0 Å². The molecule has 0 radical (unpaired) electrons. The number of nitrogens with zero attached hydrogens (tertiary/aromatic N) is 1. The zero-order valence-corrected chi connectivity index (χ0v) is 16.5. The van der Waals surface area contributed by atoms with E-state index < -0.39 is 5.91 Å². The summed E-state index contributed by atoms with van der Waals surface area (Å²) in [4.78, 5) is 15.2. The fourth-order valence-electron chi connectivity index (χ4n) is 1.79. The molecular weight excluding hydrogens is 423 g/mol. The third-order valence-electron chi connectivity index (χ3n) is 2.79. The molecule has 0 aliphatic heterocycles. The van der Waals surface area contributed by atoms with E-state index in [1.807, 2.05) is 32.0 Å². The molecule has 0 saturated heterocycles. The fraction of sp³-hybridized carbons (Fsp3) is 0.500. The van der Waals surface area contributed by atoms with Crippen molar-refractivity contribution < 1.29 is 14.3 Å². The first-order valence-corrected chi connectivity index (χ1v) is 7.75. The molecule has 1 aromatic rings. The van der Waals surface area contributed by atoms with Crippen molar-refractivity contribution in [1.29, 1.82) is 0 Å². The molecule has 0 unspecified atom stereocenters. The van der Waals surface area contributed by atoms with E-state index in [9.17, 15) is 4.79 Å². The maximum absolute atomic E-state index is 10.7. The minimum atomic E-state index is -0.499. The van der Waals surface area contributed by atoms with Crippen molar-refractivity contribution in [1.82, 2.24) is 10.6 Å². The molecule has 0 atom stereocenters. The van der Waals surface area contributed by atoms with Crippen LogP contribution in [0.2, 0.25) is 0 Å². The van der Waals surface area contributed by atoms with Crippen LogP contribution in [0, 0.1) is 0 Å². The first-order valence-electron chi connectivity index (χ1n) is 7.75. The molecule has 7 nitrogen and oxygen atoms in total. The Morgan fingerprint density at radius 1 is 1.29 bits per heavy atom. The van der Waals surface area contributed by atoms with Crippen LogP contribution >= 0.6 is 24.0 Å². The van der Waals surface area contributed by atoms with Crippen LogP contribution in [0.25, 0.3) is 0 Å². The highest BCUT2D eigenvalue weighted by atomic mass is 127.